The second kappa shape index (κ2) is 8.18. The van der Waals surface area contributed by atoms with Gasteiger partial charge in [0.1, 0.15) is 17.5 Å². The molecule has 2 atom stereocenters. The van der Waals surface area contributed by atoms with Gasteiger partial charge >= 0.3 is 0 Å². The maximum Gasteiger partial charge on any atom is 0.195 e. The van der Waals surface area contributed by atoms with Crippen molar-refractivity contribution in [1.82, 2.24) is 0 Å². The highest BCUT2D eigenvalue weighted by molar-refractivity contribution is 6.31. The second-order valence-electron chi connectivity index (χ2n) is 8.05. The molecule has 1 N–H and O–H groups in total. The molecule has 1 fully saturated rings. The molecule has 2 heterocycles. The van der Waals surface area contributed by atoms with Crippen LogP contribution in [0.3, 0.4) is 0 Å². The Labute approximate surface area is 182 Å². The number of ketones is 1. The molecule has 30 heavy (non-hydrogen) atoms. The molecule has 0 unspecified atom stereocenters. The molecular formula is C25H27ClO4. The smallest absolute Gasteiger partial charge is 0.195 e. The number of halogens is 1. The Kier molecular flexibility index (Phi) is 5.75. The fraction of sp³-hybridized carbons (Fsp3) is 0.400. The van der Waals surface area contributed by atoms with Crippen LogP contribution in [0.1, 0.15) is 43.4 Å². The molecule has 2 aliphatic heterocycles. The first-order chi connectivity index (χ1) is 14.4. The molecule has 2 aliphatic rings. The van der Waals surface area contributed by atoms with Gasteiger partial charge in [-0.1, -0.05) is 42.8 Å². The average molecular weight is 427 g/mol. The van der Waals surface area contributed by atoms with Crippen molar-refractivity contribution in [3.8, 4) is 11.1 Å². The van der Waals surface area contributed by atoms with Gasteiger partial charge < -0.3 is 14.6 Å². The molecule has 158 valence electrons. The molecule has 5 heteroatoms. The van der Waals surface area contributed by atoms with E-state index in [0.29, 0.717) is 30.0 Å². The van der Waals surface area contributed by atoms with E-state index in [4.69, 9.17) is 21.1 Å². The number of hydrogen-bond donors (Lipinski definition) is 1. The Morgan fingerprint density at radius 3 is 2.63 bits per heavy atom. The van der Waals surface area contributed by atoms with Crippen LogP contribution in [0.15, 0.2) is 42.2 Å². The minimum atomic E-state index is -0.932. The fourth-order valence-electron chi connectivity index (χ4n) is 4.39. The summed E-state index contributed by atoms with van der Waals surface area (Å²) in [6.07, 6.45) is 1.39. The summed E-state index contributed by atoms with van der Waals surface area (Å²) in [4.78, 5) is 13.2. The van der Waals surface area contributed by atoms with E-state index in [0.717, 1.165) is 34.2 Å². The van der Waals surface area contributed by atoms with Crippen molar-refractivity contribution in [2.75, 3.05) is 13.2 Å². The first-order valence-corrected chi connectivity index (χ1v) is 10.9. The lowest BCUT2D eigenvalue weighted by Crippen LogP contribution is -2.43. The molecule has 4 nitrogen and oxygen atoms in total. The number of hydrogen-bond acceptors (Lipinski definition) is 4. The van der Waals surface area contributed by atoms with Crippen LogP contribution in [0.25, 0.3) is 16.7 Å². The van der Waals surface area contributed by atoms with Gasteiger partial charge in [-0.05, 0) is 73.1 Å². The molecule has 0 radical (unpaired) electrons. The molecule has 0 aromatic heterocycles. The van der Waals surface area contributed by atoms with Crippen LogP contribution >= 0.6 is 11.6 Å². The topological polar surface area (TPSA) is 55.8 Å². The normalized spacial score (nSPS) is 23.3. The summed E-state index contributed by atoms with van der Waals surface area (Å²) in [7, 11) is 0. The molecule has 1 saturated heterocycles. The largest absolute Gasteiger partial charge is 0.508 e. The maximum absolute atomic E-state index is 13.2. The van der Waals surface area contributed by atoms with E-state index in [-0.39, 0.29) is 18.1 Å². The zero-order valence-electron chi connectivity index (χ0n) is 17.6. The standard InChI is InChI=1S/C25H27ClO4/c1-4-16-8-9-17(18-7-6-15(3)20(26)13-18)12-19(16)22-23(27)21-10-11-25(30-21,24(22)28)14-29-5-2/h6-9,12-13,21,28H,4-5,10-11,14H2,1-3H3/t21-,25-/m0/s1. The van der Waals surface area contributed by atoms with Crippen LogP contribution < -0.4 is 0 Å². The number of aliphatic hydroxyl groups excluding tert-OH is 1. The maximum atomic E-state index is 13.2. The third kappa shape index (κ3) is 3.47. The first-order valence-electron chi connectivity index (χ1n) is 10.5. The Morgan fingerprint density at radius 1 is 1.20 bits per heavy atom. The zero-order valence-corrected chi connectivity index (χ0v) is 18.4. The molecule has 0 saturated carbocycles. The highest BCUT2D eigenvalue weighted by Gasteiger charge is 2.53. The number of fused-ring (bicyclic) bond motifs is 2. The summed E-state index contributed by atoms with van der Waals surface area (Å²) in [5.74, 6) is -0.144. The molecule has 2 bridgehead atoms. The van der Waals surface area contributed by atoms with E-state index in [1.165, 1.54) is 0 Å². The predicted molar refractivity (Wildman–Crippen MR) is 119 cm³/mol. The Balaban J connectivity index is 1.86. The lowest BCUT2D eigenvalue weighted by molar-refractivity contribution is -0.138. The number of carbonyl (C=O) groups excluding carboxylic acids is 1. The summed E-state index contributed by atoms with van der Waals surface area (Å²) in [5, 5.41) is 12.0. The van der Waals surface area contributed by atoms with E-state index >= 15 is 0 Å². The highest BCUT2D eigenvalue weighted by Crippen LogP contribution is 2.46. The Bertz CT molecular complexity index is 1030. The lowest BCUT2D eigenvalue weighted by Gasteiger charge is -2.34. The van der Waals surface area contributed by atoms with Crippen LogP contribution in [0, 0.1) is 6.92 Å². The van der Waals surface area contributed by atoms with E-state index in [2.05, 4.69) is 0 Å². The molecule has 2 aromatic carbocycles. The van der Waals surface area contributed by atoms with E-state index < -0.39 is 11.7 Å². The molecule has 0 aliphatic carbocycles. The van der Waals surface area contributed by atoms with Gasteiger partial charge in [0.25, 0.3) is 0 Å². The number of benzene rings is 2. The van der Waals surface area contributed by atoms with Crippen LogP contribution in [-0.4, -0.2) is 35.8 Å². The van der Waals surface area contributed by atoms with Crippen LogP contribution in [0.4, 0.5) is 0 Å². The molecule has 0 amide bonds. The Hall–Kier alpha value is -2.14. The van der Waals surface area contributed by atoms with Crippen LogP contribution in [-0.2, 0) is 20.7 Å². The average Bonchev–Trinajstić information content (AvgIpc) is 3.16. The lowest BCUT2D eigenvalue weighted by atomic mass is 9.86. The van der Waals surface area contributed by atoms with Gasteiger partial charge in [0.15, 0.2) is 5.78 Å². The van der Waals surface area contributed by atoms with Gasteiger partial charge in [0.2, 0.25) is 0 Å². The number of carbonyl (C=O) groups is 1. The third-order valence-electron chi connectivity index (χ3n) is 6.19. The second-order valence-corrected chi connectivity index (χ2v) is 8.46. The van der Waals surface area contributed by atoms with E-state index in [9.17, 15) is 9.90 Å². The van der Waals surface area contributed by atoms with Gasteiger partial charge in [0.05, 0.1) is 12.2 Å². The van der Waals surface area contributed by atoms with Gasteiger partial charge in [-0.15, -0.1) is 0 Å². The van der Waals surface area contributed by atoms with E-state index in [1.807, 2.05) is 57.2 Å². The van der Waals surface area contributed by atoms with E-state index in [1.54, 1.807) is 0 Å². The van der Waals surface area contributed by atoms with Crippen molar-refractivity contribution in [2.24, 2.45) is 0 Å². The SMILES string of the molecule is CCOC[C@]12CC[C@H](O1)C(=O)C(c1cc(-c3ccc(C)c(Cl)c3)ccc1CC)=C2O. The van der Waals surface area contributed by atoms with Gasteiger partial charge in [-0.25, -0.2) is 0 Å². The fourth-order valence-corrected chi connectivity index (χ4v) is 4.57. The summed E-state index contributed by atoms with van der Waals surface area (Å²) in [5.41, 5.74) is 4.17. The molecule has 2 aromatic rings. The van der Waals surface area contributed by atoms with Crippen LogP contribution in [0.2, 0.25) is 5.02 Å². The van der Waals surface area contributed by atoms with Crippen molar-refractivity contribution in [1.29, 1.82) is 0 Å². The van der Waals surface area contributed by atoms with Gasteiger partial charge in [-0.3, -0.25) is 4.79 Å². The number of rotatable bonds is 6. The van der Waals surface area contributed by atoms with Gasteiger partial charge in [0, 0.05) is 11.6 Å². The number of aliphatic hydroxyl groups is 1. The molecular weight excluding hydrogens is 400 g/mol. The molecule has 4 rings (SSSR count). The summed E-state index contributed by atoms with van der Waals surface area (Å²) in [6, 6.07) is 12.0. The Morgan fingerprint density at radius 2 is 1.93 bits per heavy atom. The van der Waals surface area contributed by atoms with Crippen molar-refractivity contribution in [3.63, 3.8) is 0 Å². The minimum Gasteiger partial charge on any atom is -0.508 e. The predicted octanol–water partition coefficient (Wildman–Crippen LogP) is 5.68. The van der Waals surface area contributed by atoms with Crippen molar-refractivity contribution in [3.05, 3.63) is 63.9 Å². The number of aryl methyl sites for hydroxylation is 2. The van der Waals surface area contributed by atoms with Crippen molar-refractivity contribution in [2.45, 2.75) is 51.7 Å². The molecule has 0 spiro atoms. The summed E-state index contributed by atoms with van der Waals surface area (Å²) < 4.78 is 11.6. The third-order valence-corrected chi connectivity index (χ3v) is 6.60. The number of Topliss-reactive ketones (excluding diaryl/α,β-unsaturated/α-hetero) is 1. The summed E-state index contributed by atoms with van der Waals surface area (Å²) in [6.45, 7) is 6.69. The monoisotopic (exact) mass is 426 g/mol. The summed E-state index contributed by atoms with van der Waals surface area (Å²) >= 11 is 6.34. The van der Waals surface area contributed by atoms with Gasteiger partial charge in [-0.2, -0.15) is 0 Å². The van der Waals surface area contributed by atoms with Crippen molar-refractivity contribution < 1.29 is 19.4 Å². The highest BCUT2D eigenvalue weighted by atomic mass is 35.5. The minimum absolute atomic E-state index is 0.00323. The zero-order chi connectivity index (χ0) is 21.5. The van der Waals surface area contributed by atoms with Crippen LogP contribution in [0.5, 0.6) is 0 Å². The quantitative estimate of drug-likeness (QED) is 0.645. The first kappa shape index (κ1) is 21.1. The number of ether oxygens (including phenoxy) is 2. The van der Waals surface area contributed by atoms with Crippen molar-refractivity contribution >= 4 is 23.0 Å².